The molecule has 0 saturated carbocycles. The van der Waals surface area contributed by atoms with Gasteiger partial charge in [0.1, 0.15) is 9.88 Å². The van der Waals surface area contributed by atoms with Crippen LogP contribution in [0.3, 0.4) is 0 Å². The van der Waals surface area contributed by atoms with Crippen molar-refractivity contribution < 1.29 is 27.5 Å². The number of hydrogen-bond donors (Lipinski definition) is 1. The van der Waals surface area contributed by atoms with E-state index in [0.717, 1.165) is 23.5 Å². The minimum Gasteiger partial charge on any atom is -0.451 e. The van der Waals surface area contributed by atoms with Gasteiger partial charge in [0.25, 0.3) is 5.91 Å². The first-order valence-corrected chi connectivity index (χ1v) is 7.14. The van der Waals surface area contributed by atoms with E-state index in [1.165, 1.54) is 25.4 Å². The molecule has 1 aromatic heterocycles. The van der Waals surface area contributed by atoms with Crippen molar-refractivity contribution in [1.29, 1.82) is 0 Å². The number of alkyl halides is 3. The molecule has 2 aromatic rings. The van der Waals surface area contributed by atoms with Gasteiger partial charge in [0.05, 0.1) is 11.8 Å². The molecule has 1 heterocycles. The van der Waals surface area contributed by atoms with Crippen molar-refractivity contribution in [2.75, 3.05) is 13.7 Å². The lowest BCUT2D eigenvalue weighted by molar-refractivity contribution is -0.137. The van der Waals surface area contributed by atoms with Gasteiger partial charge in [-0.15, -0.1) is 11.3 Å². The van der Waals surface area contributed by atoms with Gasteiger partial charge in [0.15, 0.2) is 6.61 Å². The Morgan fingerprint density at radius 1 is 1.26 bits per heavy atom. The second-order valence-electron chi connectivity index (χ2n) is 4.35. The number of carbonyl (C=O) groups is 2. The number of ether oxygens (including phenoxy) is 1. The molecule has 1 N–H and O–H groups in total. The van der Waals surface area contributed by atoms with Gasteiger partial charge in [-0.25, -0.2) is 9.78 Å². The average molecular weight is 344 g/mol. The minimum absolute atomic E-state index is 0.156. The highest BCUT2D eigenvalue weighted by Gasteiger charge is 2.30. The third-order valence-electron chi connectivity index (χ3n) is 2.78. The standard InChI is InChI=1S/C14H11F3N2O3S/c1-18-11(20)7-22-13(21)10-6-19-12(23-10)8-2-4-9(5-3-8)14(15,16)17/h2-6H,7H2,1H3,(H,18,20). The van der Waals surface area contributed by atoms with Crippen LogP contribution in [0.25, 0.3) is 10.6 Å². The van der Waals surface area contributed by atoms with E-state index in [1.807, 2.05) is 0 Å². The van der Waals surface area contributed by atoms with E-state index in [9.17, 15) is 22.8 Å². The number of amides is 1. The zero-order chi connectivity index (χ0) is 17.0. The molecule has 0 aliphatic rings. The van der Waals surface area contributed by atoms with E-state index in [1.54, 1.807) is 0 Å². The van der Waals surface area contributed by atoms with E-state index >= 15 is 0 Å². The molecule has 1 aromatic carbocycles. The summed E-state index contributed by atoms with van der Waals surface area (Å²) >= 11 is 0.968. The number of carbonyl (C=O) groups excluding carboxylic acids is 2. The van der Waals surface area contributed by atoms with Crippen LogP contribution in [0.2, 0.25) is 0 Å². The first-order chi connectivity index (χ1) is 10.8. The van der Waals surface area contributed by atoms with Crippen molar-refractivity contribution in [1.82, 2.24) is 10.3 Å². The largest absolute Gasteiger partial charge is 0.451 e. The lowest BCUT2D eigenvalue weighted by atomic mass is 10.1. The van der Waals surface area contributed by atoms with Crippen LogP contribution in [0.4, 0.5) is 13.2 Å². The highest BCUT2D eigenvalue weighted by Crippen LogP contribution is 2.32. The van der Waals surface area contributed by atoms with Gasteiger partial charge in [0, 0.05) is 12.6 Å². The van der Waals surface area contributed by atoms with E-state index < -0.39 is 30.2 Å². The number of rotatable bonds is 4. The van der Waals surface area contributed by atoms with Crippen molar-refractivity contribution in [3.05, 3.63) is 40.9 Å². The number of benzene rings is 1. The second-order valence-corrected chi connectivity index (χ2v) is 5.38. The Morgan fingerprint density at radius 3 is 2.48 bits per heavy atom. The maximum atomic E-state index is 12.5. The van der Waals surface area contributed by atoms with Gasteiger partial charge in [-0.05, 0) is 12.1 Å². The summed E-state index contributed by atoms with van der Waals surface area (Å²) in [6.07, 6.45) is -3.15. The first kappa shape index (κ1) is 16.9. The maximum Gasteiger partial charge on any atom is 0.416 e. The van der Waals surface area contributed by atoms with Gasteiger partial charge >= 0.3 is 12.1 Å². The van der Waals surface area contributed by atoms with Crippen LogP contribution in [0.5, 0.6) is 0 Å². The zero-order valence-corrected chi connectivity index (χ0v) is 12.6. The molecule has 0 aliphatic heterocycles. The molecule has 0 radical (unpaired) electrons. The molecule has 0 spiro atoms. The quantitative estimate of drug-likeness (QED) is 0.866. The fourth-order valence-electron chi connectivity index (χ4n) is 1.58. The Bertz CT molecular complexity index is 711. The highest BCUT2D eigenvalue weighted by molar-refractivity contribution is 7.16. The van der Waals surface area contributed by atoms with E-state index in [0.29, 0.717) is 10.6 Å². The molecule has 0 fully saturated rings. The number of thiazole rings is 1. The fraction of sp³-hybridized carbons (Fsp3) is 0.214. The Morgan fingerprint density at radius 2 is 1.91 bits per heavy atom. The molecular formula is C14H11F3N2O3S. The molecular weight excluding hydrogens is 333 g/mol. The molecule has 122 valence electrons. The van der Waals surface area contributed by atoms with Crippen molar-refractivity contribution in [3.8, 4) is 10.6 Å². The Labute approximate surface area is 133 Å². The predicted octanol–water partition coefficient (Wildman–Crippen LogP) is 2.73. The van der Waals surface area contributed by atoms with Crippen molar-refractivity contribution in [2.24, 2.45) is 0 Å². The number of esters is 1. The summed E-state index contributed by atoms with van der Waals surface area (Å²) in [6.45, 7) is -0.414. The summed E-state index contributed by atoms with van der Waals surface area (Å²) < 4.78 is 42.3. The molecule has 0 saturated heterocycles. The molecule has 1 amide bonds. The Kier molecular flexibility index (Phi) is 4.99. The van der Waals surface area contributed by atoms with Crippen LogP contribution in [0.15, 0.2) is 30.5 Å². The number of likely N-dealkylation sites (N-methyl/N-ethyl adjacent to an activating group) is 1. The van der Waals surface area contributed by atoms with Gasteiger partial charge in [-0.3, -0.25) is 4.79 Å². The minimum atomic E-state index is -4.41. The van der Waals surface area contributed by atoms with Crippen LogP contribution < -0.4 is 5.32 Å². The average Bonchev–Trinajstić information content (AvgIpc) is 3.01. The summed E-state index contributed by atoms with van der Waals surface area (Å²) in [4.78, 5) is 26.8. The summed E-state index contributed by atoms with van der Waals surface area (Å²) in [5, 5.41) is 2.68. The van der Waals surface area contributed by atoms with E-state index in [4.69, 9.17) is 4.74 Å². The van der Waals surface area contributed by atoms with Crippen LogP contribution in [-0.2, 0) is 15.7 Å². The molecule has 23 heavy (non-hydrogen) atoms. The number of nitrogens with one attached hydrogen (secondary N) is 1. The number of nitrogens with zero attached hydrogens (tertiary/aromatic N) is 1. The summed E-state index contributed by atoms with van der Waals surface area (Å²) in [7, 11) is 1.41. The monoisotopic (exact) mass is 344 g/mol. The van der Waals surface area contributed by atoms with Gasteiger partial charge in [-0.1, -0.05) is 12.1 Å². The van der Waals surface area contributed by atoms with Gasteiger partial charge < -0.3 is 10.1 Å². The number of halogens is 3. The molecule has 0 atom stereocenters. The lowest BCUT2D eigenvalue weighted by Gasteiger charge is -2.06. The first-order valence-electron chi connectivity index (χ1n) is 6.32. The Balaban J connectivity index is 2.10. The van der Waals surface area contributed by atoms with Crippen molar-refractivity contribution in [2.45, 2.75) is 6.18 Å². The van der Waals surface area contributed by atoms with E-state index in [2.05, 4.69) is 10.3 Å². The van der Waals surface area contributed by atoms with Crippen LogP contribution in [0.1, 0.15) is 15.2 Å². The third kappa shape index (κ3) is 4.28. The molecule has 2 rings (SSSR count). The summed E-state index contributed by atoms with van der Waals surface area (Å²) in [5.41, 5.74) is -0.309. The topological polar surface area (TPSA) is 68.3 Å². The summed E-state index contributed by atoms with van der Waals surface area (Å²) in [5.74, 6) is -1.17. The normalized spacial score (nSPS) is 11.1. The zero-order valence-electron chi connectivity index (χ0n) is 11.8. The lowest BCUT2D eigenvalue weighted by Crippen LogP contribution is -2.24. The fourth-order valence-corrected chi connectivity index (χ4v) is 2.39. The van der Waals surface area contributed by atoms with Gasteiger partial charge in [0.2, 0.25) is 0 Å². The summed E-state index contributed by atoms with van der Waals surface area (Å²) in [6, 6.07) is 4.45. The maximum absolute atomic E-state index is 12.5. The second kappa shape index (κ2) is 6.78. The molecule has 0 unspecified atom stereocenters. The van der Waals surface area contributed by atoms with Crippen molar-refractivity contribution >= 4 is 23.2 Å². The molecule has 9 heteroatoms. The SMILES string of the molecule is CNC(=O)COC(=O)c1cnc(-c2ccc(C(F)(F)F)cc2)s1. The van der Waals surface area contributed by atoms with Crippen LogP contribution in [-0.4, -0.2) is 30.5 Å². The molecule has 0 bridgehead atoms. The van der Waals surface area contributed by atoms with Crippen LogP contribution in [0, 0.1) is 0 Å². The third-order valence-corrected chi connectivity index (χ3v) is 3.81. The Hall–Kier alpha value is -2.42. The van der Waals surface area contributed by atoms with E-state index in [-0.39, 0.29) is 4.88 Å². The van der Waals surface area contributed by atoms with Crippen molar-refractivity contribution in [3.63, 3.8) is 0 Å². The van der Waals surface area contributed by atoms with Crippen LogP contribution >= 0.6 is 11.3 Å². The number of hydrogen-bond acceptors (Lipinski definition) is 5. The smallest absolute Gasteiger partial charge is 0.416 e. The molecule has 5 nitrogen and oxygen atoms in total. The highest BCUT2D eigenvalue weighted by atomic mass is 32.1. The van der Waals surface area contributed by atoms with Gasteiger partial charge in [-0.2, -0.15) is 13.2 Å². The number of aromatic nitrogens is 1. The predicted molar refractivity (Wildman–Crippen MR) is 76.9 cm³/mol. The molecule has 0 aliphatic carbocycles.